The van der Waals surface area contributed by atoms with Crippen LogP contribution in [0.4, 0.5) is 0 Å². The molecular formula is C44H78O6. The predicted molar refractivity (Wildman–Crippen MR) is 211 cm³/mol. The zero-order chi connectivity index (χ0) is 36.8. The molecule has 0 radical (unpaired) electrons. The minimum atomic E-state index is -0.994. The van der Waals surface area contributed by atoms with Gasteiger partial charge in [0, 0.05) is 12.8 Å². The number of rotatable bonds is 36. The number of carbonyl (C=O) groups is 2. The molecule has 0 aliphatic heterocycles. The van der Waals surface area contributed by atoms with Crippen LogP contribution in [-0.2, 0) is 19.1 Å². The van der Waals surface area contributed by atoms with Gasteiger partial charge in [-0.25, -0.2) is 0 Å². The summed E-state index contributed by atoms with van der Waals surface area (Å²) in [5.41, 5.74) is 0. The lowest BCUT2D eigenvalue weighted by Gasteiger charge is -2.12. The van der Waals surface area contributed by atoms with E-state index in [1.807, 2.05) is 6.92 Å². The molecule has 0 saturated heterocycles. The second kappa shape index (κ2) is 38.1. The summed E-state index contributed by atoms with van der Waals surface area (Å²) in [7, 11) is 0. The number of aliphatic hydroxyl groups is 2. The third-order valence-electron chi connectivity index (χ3n) is 8.76. The van der Waals surface area contributed by atoms with E-state index in [4.69, 9.17) is 9.47 Å². The summed E-state index contributed by atoms with van der Waals surface area (Å²) in [6.45, 7) is 6.17. The van der Waals surface area contributed by atoms with E-state index in [1.54, 1.807) is 0 Å². The predicted octanol–water partition coefficient (Wildman–Crippen LogP) is 11.8. The first-order valence-corrected chi connectivity index (χ1v) is 20.6. The molecule has 0 aromatic rings. The van der Waals surface area contributed by atoms with Crippen LogP contribution in [0, 0.1) is 5.92 Å². The summed E-state index contributed by atoms with van der Waals surface area (Å²) in [4.78, 5) is 23.9. The van der Waals surface area contributed by atoms with Crippen molar-refractivity contribution in [2.24, 2.45) is 5.92 Å². The highest BCUT2D eigenvalue weighted by molar-refractivity contribution is 5.69. The molecule has 290 valence electrons. The van der Waals surface area contributed by atoms with Gasteiger partial charge in [-0.2, -0.15) is 0 Å². The molecule has 0 amide bonds. The van der Waals surface area contributed by atoms with E-state index in [-0.39, 0.29) is 31.3 Å². The van der Waals surface area contributed by atoms with Crippen LogP contribution in [0.1, 0.15) is 188 Å². The molecule has 50 heavy (non-hydrogen) atoms. The van der Waals surface area contributed by atoms with Gasteiger partial charge in [0.2, 0.25) is 0 Å². The van der Waals surface area contributed by atoms with E-state index in [9.17, 15) is 19.8 Å². The number of aliphatic hydroxyl groups excluding tert-OH is 2. The van der Waals surface area contributed by atoms with Gasteiger partial charge in [0.05, 0.1) is 6.10 Å². The maximum atomic E-state index is 12.0. The van der Waals surface area contributed by atoms with E-state index in [0.717, 1.165) is 70.1 Å². The number of ether oxygens (including phenoxy) is 2. The van der Waals surface area contributed by atoms with Crippen LogP contribution in [0.5, 0.6) is 0 Å². The first-order chi connectivity index (χ1) is 24.3. The highest BCUT2D eigenvalue weighted by Crippen LogP contribution is 2.15. The summed E-state index contributed by atoms with van der Waals surface area (Å²) in [6.07, 6.45) is 44.5. The Balaban J connectivity index is 3.52. The quantitative estimate of drug-likeness (QED) is 0.0383. The summed E-state index contributed by atoms with van der Waals surface area (Å²) < 4.78 is 10.3. The molecule has 6 nitrogen and oxygen atoms in total. The van der Waals surface area contributed by atoms with E-state index in [1.165, 1.54) is 83.5 Å². The fourth-order valence-electron chi connectivity index (χ4n) is 5.63. The molecule has 0 heterocycles. The number of carbonyl (C=O) groups excluding carboxylic acids is 2. The Kier molecular flexibility index (Phi) is 36.4. The second-order valence-electron chi connectivity index (χ2n) is 14.5. The van der Waals surface area contributed by atoms with Crippen molar-refractivity contribution in [2.75, 3.05) is 13.2 Å². The van der Waals surface area contributed by atoms with Crippen LogP contribution in [-0.4, -0.2) is 47.6 Å². The Labute approximate surface area is 308 Å². The van der Waals surface area contributed by atoms with Gasteiger partial charge in [-0.15, -0.1) is 0 Å². The van der Waals surface area contributed by atoms with Crippen LogP contribution in [0.15, 0.2) is 48.6 Å². The maximum absolute atomic E-state index is 12.0. The largest absolute Gasteiger partial charge is 0.463 e. The van der Waals surface area contributed by atoms with Gasteiger partial charge in [0.15, 0.2) is 0 Å². The van der Waals surface area contributed by atoms with Gasteiger partial charge in [-0.05, 0) is 70.6 Å². The van der Waals surface area contributed by atoms with Crippen molar-refractivity contribution in [3.05, 3.63) is 48.6 Å². The van der Waals surface area contributed by atoms with Crippen LogP contribution in [0.3, 0.4) is 0 Å². The van der Waals surface area contributed by atoms with Crippen LogP contribution in [0.25, 0.3) is 0 Å². The minimum Gasteiger partial charge on any atom is -0.463 e. The average molecular weight is 703 g/mol. The van der Waals surface area contributed by atoms with Crippen LogP contribution in [0.2, 0.25) is 0 Å². The third-order valence-corrected chi connectivity index (χ3v) is 8.76. The number of esters is 2. The van der Waals surface area contributed by atoms with Gasteiger partial charge >= 0.3 is 11.9 Å². The van der Waals surface area contributed by atoms with E-state index in [2.05, 4.69) is 62.5 Å². The number of allylic oxidation sites excluding steroid dienone is 8. The smallest absolute Gasteiger partial charge is 0.305 e. The second-order valence-corrected chi connectivity index (χ2v) is 14.5. The fourth-order valence-corrected chi connectivity index (χ4v) is 5.63. The first kappa shape index (κ1) is 47.8. The summed E-state index contributed by atoms with van der Waals surface area (Å²) in [6, 6.07) is 0. The Morgan fingerprint density at radius 3 is 1.24 bits per heavy atom. The molecule has 0 unspecified atom stereocenters. The number of hydrogen-bond donors (Lipinski definition) is 2. The van der Waals surface area contributed by atoms with Gasteiger partial charge in [0.25, 0.3) is 0 Å². The van der Waals surface area contributed by atoms with Crippen molar-refractivity contribution in [3.63, 3.8) is 0 Å². The summed E-state index contributed by atoms with van der Waals surface area (Å²) >= 11 is 0. The fraction of sp³-hybridized carbons (Fsp3) is 0.773. The monoisotopic (exact) mass is 703 g/mol. The molecular weight excluding hydrogens is 624 g/mol. The van der Waals surface area contributed by atoms with Gasteiger partial charge < -0.3 is 19.7 Å². The van der Waals surface area contributed by atoms with Crippen molar-refractivity contribution in [1.82, 2.24) is 0 Å². The zero-order valence-corrected chi connectivity index (χ0v) is 32.7. The van der Waals surface area contributed by atoms with Gasteiger partial charge in [-0.1, -0.05) is 159 Å². The van der Waals surface area contributed by atoms with Crippen LogP contribution >= 0.6 is 0 Å². The van der Waals surface area contributed by atoms with Crippen molar-refractivity contribution in [2.45, 2.75) is 200 Å². The molecule has 0 aromatic heterocycles. The molecule has 2 atom stereocenters. The van der Waals surface area contributed by atoms with Crippen molar-refractivity contribution in [3.8, 4) is 0 Å². The Morgan fingerprint density at radius 2 is 0.820 bits per heavy atom. The molecule has 0 saturated carbocycles. The highest BCUT2D eigenvalue weighted by Gasteiger charge is 2.12. The Bertz CT molecular complexity index is 872. The van der Waals surface area contributed by atoms with E-state index < -0.39 is 6.10 Å². The molecule has 0 rings (SSSR count). The zero-order valence-electron chi connectivity index (χ0n) is 32.7. The lowest BCUT2D eigenvalue weighted by Crippen LogP contribution is -2.25. The van der Waals surface area contributed by atoms with Gasteiger partial charge in [0.1, 0.15) is 19.3 Å². The lowest BCUT2D eigenvalue weighted by molar-refractivity contribution is -0.152. The minimum absolute atomic E-state index is 0.140. The molecule has 0 aliphatic carbocycles. The Hall–Kier alpha value is -2.18. The van der Waals surface area contributed by atoms with E-state index in [0.29, 0.717) is 19.3 Å². The molecule has 0 bridgehead atoms. The summed E-state index contributed by atoms with van der Waals surface area (Å²) in [5, 5.41) is 19.2. The summed E-state index contributed by atoms with van der Waals surface area (Å²) in [5.74, 6) is 0.208. The van der Waals surface area contributed by atoms with E-state index >= 15 is 0 Å². The lowest BCUT2D eigenvalue weighted by atomic mass is 10.0. The molecule has 6 heteroatoms. The third kappa shape index (κ3) is 40.3. The normalized spacial score (nSPS) is 13.4. The standard InChI is InChI=1S/C44H78O6/c1-40(2)34-30-26-22-18-14-10-6-4-8-12-16-20-24-28-32-36-43(47)49-38-42(46)39-50-44(48)37-33-29-25-21-17-13-9-5-7-11-15-19-23-27-31-35-41(3)45/h7,9,11,13,19,21,23,25,40-42,45-46H,4-6,8,10,12,14-18,20,22,24,26-39H2,1-3H3/b11-7-,13-9-,23-19-,25-21-/t41-,42-/m1/s1. The number of unbranched alkanes of at least 4 members (excludes halogenated alkanes) is 16. The molecule has 0 aliphatic rings. The number of hydrogen-bond acceptors (Lipinski definition) is 6. The van der Waals surface area contributed by atoms with Crippen molar-refractivity contribution >= 4 is 11.9 Å². The van der Waals surface area contributed by atoms with Crippen LogP contribution < -0.4 is 0 Å². The first-order valence-electron chi connectivity index (χ1n) is 20.6. The topological polar surface area (TPSA) is 93.1 Å². The molecule has 0 spiro atoms. The molecule has 0 fully saturated rings. The highest BCUT2D eigenvalue weighted by atomic mass is 16.6. The van der Waals surface area contributed by atoms with Crippen molar-refractivity contribution in [1.29, 1.82) is 0 Å². The molecule has 0 aromatic carbocycles. The van der Waals surface area contributed by atoms with Gasteiger partial charge in [-0.3, -0.25) is 9.59 Å². The van der Waals surface area contributed by atoms with Crippen molar-refractivity contribution < 1.29 is 29.3 Å². The maximum Gasteiger partial charge on any atom is 0.305 e. The average Bonchev–Trinajstić information content (AvgIpc) is 3.08. The SMILES string of the molecule is CC(C)CCCCCCCCCCCCCCCCCC(=O)OC[C@@H](O)COC(=O)CCC/C=C\C/C=C\C/C=C\C/C=C\CCC[C@@H](C)O. The Morgan fingerprint density at radius 1 is 0.460 bits per heavy atom. The molecule has 2 N–H and O–H groups in total.